The smallest absolute Gasteiger partial charge is 0.120 e. The quantitative estimate of drug-likeness (QED) is 0.836. The minimum Gasteiger partial charge on any atom is -0.497 e. The summed E-state index contributed by atoms with van der Waals surface area (Å²) in [5.41, 5.74) is 7.05. The average Bonchev–Trinajstić information content (AvgIpc) is 2.56. The van der Waals surface area contributed by atoms with Crippen molar-refractivity contribution in [3.8, 4) is 5.75 Å². The first-order valence-corrected chi connectivity index (χ1v) is 8.08. The van der Waals surface area contributed by atoms with Crippen LogP contribution in [-0.2, 0) is 0 Å². The van der Waals surface area contributed by atoms with Gasteiger partial charge in [-0.1, -0.05) is 19.4 Å². The summed E-state index contributed by atoms with van der Waals surface area (Å²) in [6.45, 7) is 8.69. The van der Waals surface area contributed by atoms with Gasteiger partial charge in [-0.05, 0) is 37.6 Å². The van der Waals surface area contributed by atoms with Crippen LogP contribution in [0.5, 0.6) is 5.75 Å². The van der Waals surface area contributed by atoms with Crippen LogP contribution in [0.2, 0.25) is 0 Å². The first kappa shape index (κ1) is 16.1. The lowest BCUT2D eigenvalue weighted by Crippen LogP contribution is -2.47. The number of anilines is 1. The maximum Gasteiger partial charge on any atom is 0.120 e. The summed E-state index contributed by atoms with van der Waals surface area (Å²) in [6, 6.07) is 8.35. The van der Waals surface area contributed by atoms with Crippen molar-refractivity contribution in [2.24, 2.45) is 11.7 Å². The third-order valence-electron chi connectivity index (χ3n) is 4.56. The highest BCUT2D eigenvalue weighted by Gasteiger charge is 2.18. The normalized spacial score (nSPS) is 17.8. The number of nitrogens with zero attached hydrogens (tertiary/aromatic N) is 2. The summed E-state index contributed by atoms with van der Waals surface area (Å²) in [5, 5.41) is 0. The number of ether oxygens (including phenoxy) is 1. The zero-order valence-corrected chi connectivity index (χ0v) is 13.4. The maximum absolute atomic E-state index is 5.79. The molecule has 21 heavy (non-hydrogen) atoms. The van der Waals surface area contributed by atoms with E-state index in [1.165, 1.54) is 25.1 Å². The van der Waals surface area contributed by atoms with E-state index in [9.17, 15) is 0 Å². The molecule has 1 unspecified atom stereocenters. The minimum atomic E-state index is 0.682. The van der Waals surface area contributed by atoms with Gasteiger partial charge < -0.3 is 15.4 Å². The maximum atomic E-state index is 5.79. The number of hydrogen-bond donors (Lipinski definition) is 1. The lowest BCUT2D eigenvalue weighted by atomic mass is 10.0. The molecule has 4 heteroatoms. The average molecular weight is 291 g/mol. The molecular weight excluding hydrogens is 262 g/mol. The van der Waals surface area contributed by atoms with Gasteiger partial charge in [-0.15, -0.1) is 0 Å². The van der Waals surface area contributed by atoms with Crippen LogP contribution in [0.4, 0.5) is 5.69 Å². The first-order valence-electron chi connectivity index (χ1n) is 8.08. The second-order valence-corrected chi connectivity index (χ2v) is 5.83. The van der Waals surface area contributed by atoms with E-state index in [2.05, 4.69) is 34.9 Å². The van der Waals surface area contributed by atoms with Crippen LogP contribution in [0, 0.1) is 5.92 Å². The Morgan fingerprint density at radius 1 is 1.24 bits per heavy atom. The summed E-state index contributed by atoms with van der Waals surface area (Å²) in [4.78, 5) is 5.01. The minimum absolute atomic E-state index is 0.682. The van der Waals surface area contributed by atoms with E-state index in [1.54, 1.807) is 7.11 Å². The van der Waals surface area contributed by atoms with Crippen LogP contribution < -0.4 is 15.4 Å². The molecule has 1 aromatic carbocycles. The molecule has 1 heterocycles. The Balaban J connectivity index is 1.80. The molecule has 1 atom stereocenters. The van der Waals surface area contributed by atoms with Gasteiger partial charge in [-0.2, -0.15) is 0 Å². The third kappa shape index (κ3) is 4.61. The molecule has 1 aliphatic heterocycles. The molecule has 0 aromatic heterocycles. The molecule has 4 nitrogen and oxygen atoms in total. The number of piperazine rings is 1. The number of methoxy groups -OCH3 is 1. The van der Waals surface area contributed by atoms with Crippen molar-refractivity contribution < 1.29 is 4.74 Å². The summed E-state index contributed by atoms with van der Waals surface area (Å²) in [7, 11) is 1.72. The van der Waals surface area contributed by atoms with E-state index in [0.29, 0.717) is 5.92 Å². The van der Waals surface area contributed by atoms with Gasteiger partial charge in [0.25, 0.3) is 0 Å². The van der Waals surface area contributed by atoms with E-state index >= 15 is 0 Å². The molecule has 0 radical (unpaired) electrons. The summed E-state index contributed by atoms with van der Waals surface area (Å²) < 4.78 is 5.31. The highest BCUT2D eigenvalue weighted by atomic mass is 16.5. The lowest BCUT2D eigenvalue weighted by Gasteiger charge is -2.36. The van der Waals surface area contributed by atoms with Crippen LogP contribution >= 0.6 is 0 Å². The van der Waals surface area contributed by atoms with Crippen LogP contribution in [0.25, 0.3) is 0 Å². The fourth-order valence-corrected chi connectivity index (χ4v) is 2.89. The number of nitrogens with two attached hydrogens (primary N) is 1. The van der Waals surface area contributed by atoms with E-state index in [1.807, 2.05) is 6.07 Å². The van der Waals surface area contributed by atoms with Gasteiger partial charge in [0, 0.05) is 37.9 Å². The predicted molar refractivity (Wildman–Crippen MR) is 89.1 cm³/mol. The highest BCUT2D eigenvalue weighted by Crippen LogP contribution is 2.22. The Morgan fingerprint density at radius 3 is 2.62 bits per heavy atom. The monoisotopic (exact) mass is 291 g/mol. The fraction of sp³-hybridized carbons (Fsp3) is 0.647. The van der Waals surface area contributed by atoms with Crippen molar-refractivity contribution in [3.63, 3.8) is 0 Å². The van der Waals surface area contributed by atoms with Gasteiger partial charge >= 0.3 is 0 Å². The predicted octanol–water partition coefficient (Wildman–Crippen LogP) is 2.19. The molecule has 0 spiro atoms. The second-order valence-electron chi connectivity index (χ2n) is 5.83. The molecule has 1 aliphatic rings. The van der Waals surface area contributed by atoms with Gasteiger partial charge in [0.05, 0.1) is 7.11 Å². The van der Waals surface area contributed by atoms with Gasteiger partial charge in [-0.25, -0.2) is 0 Å². The van der Waals surface area contributed by atoms with E-state index in [-0.39, 0.29) is 0 Å². The summed E-state index contributed by atoms with van der Waals surface area (Å²) >= 11 is 0. The van der Waals surface area contributed by atoms with Gasteiger partial charge in [-0.3, -0.25) is 4.90 Å². The molecular formula is C17H29N3O. The largest absolute Gasteiger partial charge is 0.497 e. The Morgan fingerprint density at radius 2 is 2.00 bits per heavy atom. The molecule has 1 aromatic rings. The van der Waals surface area contributed by atoms with Gasteiger partial charge in [0.15, 0.2) is 0 Å². The second kappa shape index (κ2) is 8.25. The molecule has 0 aliphatic carbocycles. The van der Waals surface area contributed by atoms with Crippen molar-refractivity contribution in [1.29, 1.82) is 0 Å². The van der Waals surface area contributed by atoms with Crippen molar-refractivity contribution in [1.82, 2.24) is 4.90 Å². The van der Waals surface area contributed by atoms with Crippen molar-refractivity contribution in [2.45, 2.75) is 19.8 Å². The molecule has 0 amide bonds. The topological polar surface area (TPSA) is 41.7 Å². The Labute approximate surface area is 128 Å². The molecule has 0 saturated carbocycles. The Kier molecular flexibility index (Phi) is 6.33. The standard InChI is InChI=1S/C17H29N3O/c1-3-15(14-18)7-8-19-9-11-20(12-10-19)16-5-4-6-17(13-16)21-2/h4-6,13,15H,3,7-12,14,18H2,1-2H3. The Bertz CT molecular complexity index is 412. The van der Waals surface area contributed by atoms with Crippen molar-refractivity contribution in [3.05, 3.63) is 24.3 Å². The summed E-state index contributed by atoms with van der Waals surface area (Å²) in [6.07, 6.45) is 2.42. The van der Waals surface area contributed by atoms with E-state index in [0.717, 1.165) is 38.5 Å². The fourth-order valence-electron chi connectivity index (χ4n) is 2.89. The van der Waals surface area contributed by atoms with Crippen LogP contribution in [0.15, 0.2) is 24.3 Å². The summed E-state index contributed by atoms with van der Waals surface area (Å²) in [5.74, 6) is 1.62. The van der Waals surface area contributed by atoms with Crippen LogP contribution in [0.3, 0.4) is 0 Å². The molecule has 0 bridgehead atoms. The van der Waals surface area contributed by atoms with Crippen molar-refractivity contribution >= 4 is 5.69 Å². The van der Waals surface area contributed by atoms with Gasteiger partial charge in [0.2, 0.25) is 0 Å². The number of benzene rings is 1. The molecule has 2 rings (SSSR count). The molecule has 2 N–H and O–H groups in total. The van der Waals surface area contributed by atoms with Crippen LogP contribution in [-0.4, -0.2) is 51.3 Å². The molecule has 1 fully saturated rings. The zero-order chi connectivity index (χ0) is 15.1. The Hall–Kier alpha value is -1.26. The van der Waals surface area contributed by atoms with Gasteiger partial charge in [0.1, 0.15) is 5.75 Å². The lowest BCUT2D eigenvalue weighted by molar-refractivity contribution is 0.237. The highest BCUT2D eigenvalue weighted by molar-refractivity contribution is 5.51. The van der Waals surface area contributed by atoms with Crippen LogP contribution in [0.1, 0.15) is 19.8 Å². The number of rotatable bonds is 7. The van der Waals surface area contributed by atoms with Crippen molar-refractivity contribution in [2.75, 3.05) is 51.3 Å². The van der Waals surface area contributed by atoms with E-state index < -0.39 is 0 Å². The molecule has 1 saturated heterocycles. The number of hydrogen-bond acceptors (Lipinski definition) is 4. The zero-order valence-electron chi connectivity index (χ0n) is 13.4. The third-order valence-corrected chi connectivity index (χ3v) is 4.56. The SMILES string of the molecule is CCC(CN)CCN1CCN(c2cccc(OC)c2)CC1. The molecule has 118 valence electrons. The van der Waals surface area contributed by atoms with E-state index in [4.69, 9.17) is 10.5 Å². The first-order chi connectivity index (χ1) is 10.3.